The van der Waals surface area contributed by atoms with Crippen LogP contribution in [0.3, 0.4) is 0 Å². The molecule has 208 valence electrons. The number of morpholine rings is 1. The Morgan fingerprint density at radius 1 is 1.05 bits per heavy atom. The molecule has 1 saturated heterocycles. The minimum atomic E-state index is 0.608. The zero-order valence-electron chi connectivity index (χ0n) is 24.4. The summed E-state index contributed by atoms with van der Waals surface area (Å²) in [7, 11) is 0. The van der Waals surface area contributed by atoms with E-state index in [1.807, 2.05) is 39.8 Å². The first-order valence-corrected chi connectivity index (χ1v) is 14.2. The third-order valence-corrected chi connectivity index (χ3v) is 5.62. The van der Waals surface area contributed by atoms with Gasteiger partial charge in [-0.25, -0.2) is 4.98 Å². The van der Waals surface area contributed by atoms with E-state index >= 15 is 0 Å². The maximum Gasteiger partial charge on any atom is 0.215 e. The van der Waals surface area contributed by atoms with Crippen LogP contribution >= 0.6 is 0 Å². The van der Waals surface area contributed by atoms with Gasteiger partial charge in [0.1, 0.15) is 6.61 Å². The number of aromatic nitrogens is 1. The molecule has 0 saturated carbocycles. The summed E-state index contributed by atoms with van der Waals surface area (Å²) in [5.74, 6) is 0.648. The molecule has 0 spiro atoms. The smallest absolute Gasteiger partial charge is 0.215 e. The fraction of sp³-hybridized carbons (Fsp3) is 0.600. The van der Waals surface area contributed by atoms with E-state index in [4.69, 9.17) is 14.5 Å². The Kier molecular flexibility index (Phi) is 17.9. The van der Waals surface area contributed by atoms with E-state index in [1.165, 1.54) is 12.0 Å². The van der Waals surface area contributed by atoms with Crippen molar-refractivity contribution in [3.05, 3.63) is 47.7 Å². The minimum absolute atomic E-state index is 0.608. The predicted octanol–water partition coefficient (Wildman–Crippen LogP) is 6.62. The Morgan fingerprint density at radius 3 is 2.49 bits per heavy atom. The average molecular weight is 514 g/mol. The van der Waals surface area contributed by atoms with Gasteiger partial charge in [0.05, 0.1) is 30.8 Å². The van der Waals surface area contributed by atoms with Gasteiger partial charge in [-0.05, 0) is 43.5 Å². The highest BCUT2D eigenvalue weighted by molar-refractivity contribution is 5.80. The number of nitrogens with one attached hydrogen (secondary N) is 1. The van der Waals surface area contributed by atoms with Gasteiger partial charge in [-0.15, -0.1) is 0 Å². The van der Waals surface area contributed by atoms with Gasteiger partial charge in [0, 0.05) is 44.5 Å². The largest absolute Gasteiger partial charge is 0.476 e. The van der Waals surface area contributed by atoms with Crippen LogP contribution in [0.15, 0.2) is 41.5 Å². The number of hydrazone groups is 1. The summed E-state index contributed by atoms with van der Waals surface area (Å²) in [6, 6.07) is 12.3. The van der Waals surface area contributed by atoms with Crippen LogP contribution in [0.2, 0.25) is 0 Å². The van der Waals surface area contributed by atoms with Crippen LogP contribution in [0.5, 0.6) is 5.88 Å². The maximum atomic E-state index is 6.10. The molecule has 0 aliphatic carbocycles. The molecule has 1 aliphatic rings. The van der Waals surface area contributed by atoms with E-state index in [9.17, 15) is 0 Å². The lowest BCUT2D eigenvalue weighted by Crippen LogP contribution is -2.38. The second-order valence-electron chi connectivity index (χ2n) is 8.47. The summed E-state index contributed by atoms with van der Waals surface area (Å²) >= 11 is 0. The number of hydrogen-bond acceptors (Lipinski definition) is 7. The molecular weight excluding hydrogens is 462 g/mol. The molecule has 0 atom stereocenters. The Bertz CT molecular complexity index is 869. The third kappa shape index (κ3) is 12.9. The number of rotatable bonds is 13. The predicted molar refractivity (Wildman–Crippen MR) is 159 cm³/mol. The number of anilines is 2. The van der Waals surface area contributed by atoms with Crippen LogP contribution < -0.4 is 15.1 Å². The SMILES string of the molecule is CC.CC.CCCCN(CCC)c1cc(/C=N/Nc2cccc(C)c2)nc(OCCN2CCOCC2)c1. The minimum Gasteiger partial charge on any atom is -0.476 e. The molecule has 1 aromatic carbocycles. The van der Waals surface area contributed by atoms with E-state index < -0.39 is 0 Å². The molecular formula is C30H51N5O2. The summed E-state index contributed by atoms with van der Waals surface area (Å²) in [5.41, 5.74) is 7.18. The van der Waals surface area contributed by atoms with Gasteiger partial charge < -0.3 is 14.4 Å². The molecule has 7 nitrogen and oxygen atoms in total. The second-order valence-corrected chi connectivity index (χ2v) is 8.47. The summed E-state index contributed by atoms with van der Waals surface area (Å²) in [6.45, 7) is 21.5. The molecule has 2 aromatic rings. The van der Waals surface area contributed by atoms with Crippen molar-refractivity contribution in [2.75, 3.05) is 62.9 Å². The van der Waals surface area contributed by atoms with Crippen molar-refractivity contribution in [1.82, 2.24) is 9.88 Å². The van der Waals surface area contributed by atoms with Crippen LogP contribution in [0.25, 0.3) is 0 Å². The number of unbranched alkanes of at least 4 members (excludes halogenated alkanes) is 1. The second kappa shape index (κ2) is 20.4. The lowest BCUT2D eigenvalue weighted by atomic mass is 10.2. The highest BCUT2D eigenvalue weighted by Gasteiger charge is 2.12. The van der Waals surface area contributed by atoms with E-state index in [-0.39, 0.29) is 0 Å². The van der Waals surface area contributed by atoms with Crippen molar-refractivity contribution in [1.29, 1.82) is 0 Å². The normalized spacial score (nSPS) is 13.3. The van der Waals surface area contributed by atoms with Gasteiger partial charge in [0.15, 0.2) is 0 Å². The Labute approximate surface area is 226 Å². The molecule has 3 rings (SSSR count). The molecule has 1 aliphatic heterocycles. The molecule has 37 heavy (non-hydrogen) atoms. The number of benzene rings is 1. The quantitative estimate of drug-likeness (QED) is 0.240. The van der Waals surface area contributed by atoms with Gasteiger partial charge >= 0.3 is 0 Å². The molecule has 1 fully saturated rings. The van der Waals surface area contributed by atoms with Crippen LogP contribution in [0, 0.1) is 6.92 Å². The summed E-state index contributed by atoms with van der Waals surface area (Å²) < 4.78 is 11.5. The lowest BCUT2D eigenvalue weighted by molar-refractivity contribution is 0.0320. The molecule has 0 radical (unpaired) electrons. The Morgan fingerprint density at radius 2 is 1.81 bits per heavy atom. The molecule has 0 amide bonds. The first-order valence-electron chi connectivity index (χ1n) is 14.2. The van der Waals surface area contributed by atoms with Gasteiger partial charge in [-0.1, -0.05) is 60.1 Å². The van der Waals surface area contributed by atoms with Crippen molar-refractivity contribution in [2.45, 2.75) is 67.7 Å². The fourth-order valence-corrected chi connectivity index (χ4v) is 3.81. The van der Waals surface area contributed by atoms with E-state index in [0.717, 1.165) is 75.8 Å². The maximum absolute atomic E-state index is 6.10. The Balaban J connectivity index is 0.00000163. The van der Waals surface area contributed by atoms with Crippen molar-refractivity contribution in [3.63, 3.8) is 0 Å². The first kappa shape index (κ1) is 32.4. The van der Waals surface area contributed by atoms with Crippen molar-refractivity contribution in [3.8, 4) is 5.88 Å². The monoisotopic (exact) mass is 513 g/mol. The zero-order chi connectivity index (χ0) is 27.3. The van der Waals surface area contributed by atoms with Crippen molar-refractivity contribution >= 4 is 17.6 Å². The van der Waals surface area contributed by atoms with Crippen molar-refractivity contribution in [2.24, 2.45) is 5.10 Å². The number of aryl methyl sites for hydroxylation is 1. The van der Waals surface area contributed by atoms with Crippen LogP contribution in [0.1, 0.15) is 72.1 Å². The molecule has 1 N–H and O–H groups in total. The number of pyridine rings is 1. The van der Waals surface area contributed by atoms with E-state index in [1.54, 1.807) is 6.21 Å². The highest BCUT2D eigenvalue weighted by Crippen LogP contribution is 2.22. The van der Waals surface area contributed by atoms with E-state index in [0.29, 0.717) is 12.5 Å². The fourth-order valence-electron chi connectivity index (χ4n) is 3.81. The molecule has 0 bridgehead atoms. The molecule has 7 heteroatoms. The molecule has 1 aromatic heterocycles. The number of nitrogens with zero attached hydrogens (tertiary/aromatic N) is 4. The number of ether oxygens (including phenoxy) is 2. The van der Waals surface area contributed by atoms with Gasteiger partial charge in [-0.2, -0.15) is 5.10 Å². The van der Waals surface area contributed by atoms with Crippen LogP contribution in [-0.2, 0) is 4.74 Å². The van der Waals surface area contributed by atoms with E-state index in [2.05, 4.69) is 65.4 Å². The summed E-state index contributed by atoms with van der Waals surface area (Å²) in [5, 5.41) is 4.42. The van der Waals surface area contributed by atoms with Crippen LogP contribution in [-0.4, -0.2) is 68.6 Å². The Hall–Kier alpha value is -2.64. The third-order valence-electron chi connectivity index (χ3n) is 5.62. The van der Waals surface area contributed by atoms with Crippen LogP contribution in [0.4, 0.5) is 11.4 Å². The first-order chi connectivity index (χ1) is 18.2. The van der Waals surface area contributed by atoms with Gasteiger partial charge in [0.25, 0.3) is 0 Å². The molecule has 0 unspecified atom stereocenters. The standard InChI is InChI=1S/C26H39N5O2.2C2H6/c1-4-6-11-31(10-5-2)25-19-24(21-27-29-23-9-7-8-22(3)18-23)28-26(20-25)33-17-14-30-12-15-32-16-13-30;2*1-2/h7-9,18-21,29H,4-6,10-17H2,1-3H3;2*1-2H3/b27-21+;;. The van der Waals surface area contributed by atoms with Gasteiger partial charge in [0.2, 0.25) is 5.88 Å². The molecule has 2 heterocycles. The average Bonchev–Trinajstić information content (AvgIpc) is 2.94. The summed E-state index contributed by atoms with van der Waals surface area (Å²) in [6.07, 6.45) is 5.19. The lowest BCUT2D eigenvalue weighted by Gasteiger charge is -2.27. The zero-order valence-corrected chi connectivity index (χ0v) is 24.4. The topological polar surface area (TPSA) is 62.2 Å². The van der Waals surface area contributed by atoms with Gasteiger partial charge in [-0.3, -0.25) is 10.3 Å². The van der Waals surface area contributed by atoms with Crippen molar-refractivity contribution < 1.29 is 9.47 Å². The summed E-state index contributed by atoms with van der Waals surface area (Å²) in [4.78, 5) is 9.50. The number of hydrogen-bond donors (Lipinski definition) is 1. The highest BCUT2D eigenvalue weighted by atomic mass is 16.5.